The molecular formula is C29H24Cl2F5N3O3S. The van der Waals surface area contributed by atoms with Crippen molar-refractivity contribution in [1.29, 1.82) is 0 Å². The van der Waals surface area contributed by atoms with Gasteiger partial charge in [0.1, 0.15) is 16.5 Å². The van der Waals surface area contributed by atoms with Crippen molar-refractivity contribution in [2.24, 2.45) is 0 Å². The minimum absolute atomic E-state index is 0.0435. The van der Waals surface area contributed by atoms with E-state index in [9.17, 15) is 35.5 Å². The number of halogens is 7. The zero-order chi connectivity index (χ0) is 31.4. The van der Waals surface area contributed by atoms with Crippen LogP contribution in [0.15, 0.2) is 83.8 Å². The van der Waals surface area contributed by atoms with Crippen LogP contribution in [0.1, 0.15) is 22.3 Å². The Morgan fingerprint density at radius 1 is 0.837 bits per heavy atom. The first-order valence-electron chi connectivity index (χ1n) is 12.6. The maximum Gasteiger partial charge on any atom is 0.416 e. The second-order valence-corrected chi connectivity index (χ2v) is 12.2. The van der Waals surface area contributed by atoms with Gasteiger partial charge in [0, 0.05) is 30.7 Å². The average molecular weight is 660 g/mol. The van der Waals surface area contributed by atoms with E-state index in [0.717, 1.165) is 40.2 Å². The number of hydrogen-bond donors (Lipinski definition) is 3. The highest BCUT2D eigenvalue weighted by atomic mass is 35.5. The van der Waals surface area contributed by atoms with Gasteiger partial charge in [0.2, 0.25) is 10.0 Å². The number of benzene rings is 4. The van der Waals surface area contributed by atoms with Crippen LogP contribution in [-0.2, 0) is 35.8 Å². The molecular weight excluding hydrogens is 636 g/mol. The summed E-state index contributed by atoms with van der Waals surface area (Å²) in [5.74, 6) is -2.16. The van der Waals surface area contributed by atoms with E-state index in [4.69, 9.17) is 23.2 Å². The number of nitrogens with zero attached hydrogens (tertiary/aromatic N) is 1. The van der Waals surface area contributed by atoms with Crippen LogP contribution in [0.3, 0.4) is 0 Å². The first kappa shape index (κ1) is 32.5. The van der Waals surface area contributed by atoms with Crippen molar-refractivity contribution < 1.29 is 35.5 Å². The fraction of sp³-hybridized carbons (Fsp3) is 0.172. The Hall–Kier alpha value is -3.42. The van der Waals surface area contributed by atoms with Gasteiger partial charge in [-0.3, -0.25) is 5.32 Å². The minimum atomic E-state index is -4.56. The quantitative estimate of drug-likeness (QED) is 0.0880. The molecule has 0 aromatic heterocycles. The van der Waals surface area contributed by atoms with E-state index in [1.807, 2.05) is 0 Å². The van der Waals surface area contributed by atoms with Gasteiger partial charge in [0.15, 0.2) is 5.75 Å². The maximum atomic E-state index is 13.8. The summed E-state index contributed by atoms with van der Waals surface area (Å²) in [5, 5.41) is 16.0. The van der Waals surface area contributed by atoms with Crippen molar-refractivity contribution in [2.45, 2.75) is 30.7 Å². The van der Waals surface area contributed by atoms with Crippen LogP contribution >= 0.6 is 23.2 Å². The lowest BCUT2D eigenvalue weighted by Gasteiger charge is -2.24. The third-order valence-corrected chi connectivity index (χ3v) is 8.58. The summed E-state index contributed by atoms with van der Waals surface area (Å²) in [6.07, 6.45) is -4.56. The molecule has 0 spiro atoms. The second-order valence-electron chi connectivity index (χ2n) is 9.43. The zero-order valence-corrected chi connectivity index (χ0v) is 24.4. The fourth-order valence-corrected chi connectivity index (χ4v) is 6.31. The Labute approximate surface area is 254 Å². The second kappa shape index (κ2) is 13.5. The highest BCUT2D eigenvalue weighted by Crippen LogP contribution is 2.37. The summed E-state index contributed by atoms with van der Waals surface area (Å²) in [4.78, 5) is -0.561. The standard InChI is InChI=1S/C29H24Cl2F5N3O3S/c30-22-11-24(31)28(40)27(12-22)43(41,42)39(15-18-4-6-21(7-5-18)29(34,35)36)16-20-3-1-2-19(10-20)14-37-17-38-26-9-8-23(32)13-25(26)33/h1-13,37-38,40H,14-17H2. The molecule has 0 fully saturated rings. The number of anilines is 1. The van der Waals surface area contributed by atoms with Crippen LogP contribution in [-0.4, -0.2) is 24.5 Å². The van der Waals surface area contributed by atoms with Crippen molar-refractivity contribution in [3.05, 3.63) is 123 Å². The molecule has 0 saturated carbocycles. The van der Waals surface area contributed by atoms with Crippen molar-refractivity contribution in [3.63, 3.8) is 0 Å². The summed E-state index contributed by atoms with van der Waals surface area (Å²) in [7, 11) is -4.48. The molecule has 0 aliphatic rings. The lowest BCUT2D eigenvalue weighted by Crippen LogP contribution is -2.30. The molecule has 0 heterocycles. The molecule has 4 aromatic rings. The Bertz CT molecular complexity index is 1710. The molecule has 14 heteroatoms. The largest absolute Gasteiger partial charge is 0.505 e. The molecule has 228 valence electrons. The van der Waals surface area contributed by atoms with Gasteiger partial charge in [-0.25, -0.2) is 17.2 Å². The zero-order valence-electron chi connectivity index (χ0n) is 22.1. The molecule has 0 aliphatic heterocycles. The van der Waals surface area contributed by atoms with Crippen LogP contribution in [0.5, 0.6) is 5.75 Å². The Morgan fingerprint density at radius 2 is 1.51 bits per heavy atom. The molecule has 4 rings (SSSR count). The highest BCUT2D eigenvalue weighted by molar-refractivity contribution is 7.89. The van der Waals surface area contributed by atoms with E-state index >= 15 is 0 Å². The summed E-state index contributed by atoms with van der Waals surface area (Å²) in [5.41, 5.74) is 0.748. The maximum absolute atomic E-state index is 13.8. The van der Waals surface area contributed by atoms with Crippen molar-refractivity contribution in [3.8, 4) is 5.75 Å². The molecule has 0 bridgehead atoms. The molecule has 6 nitrogen and oxygen atoms in total. The van der Waals surface area contributed by atoms with E-state index < -0.39 is 44.0 Å². The van der Waals surface area contributed by atoms with Gasteiger partial charge in [-0.2, -0.15) is 17.5 Å². The average Bonchev–Trinajstić information content (AvgIpc) is 2.93. The molecule has 0 saturated heterocycles. The summed E-state index contributed by atoms with van der Waals surface area (Å²) in [6.45, 7) is -0.129. The van der Waals surface area contributed by atoms with Gasteiger partial charge >= 0.3 is 6.18 Å². The van der Waals surface area contributed by atoms with E-state index in [-0.39, 0.29) is 41.1 Å². The molecule has 0 amide bonds. The van der Waals surface area contributed by atoms with Crippen LogP contribution in [0.25, 0.3) is 0 Å². The lowest BCUT2D eigenvalue weighted by molar-refractivity contribution is -0.137. The molecule has 3 N–H and O–H groups in total. The van der Waals surface area contributed by atoms with Gasteiger partial charge < -0.3 is 10.4 Å². The number of nitrogens with one attached hydrogen (secondary N) is 2. The van der Waals surface area contributed by atoms with Crippen LogP contribution in [0.2, 0.25) is 10.0 Å². The number of phenolic OH excluding ortho intramolecular Hbond substituents is 1. The first-order chi connectivity index (χ1) is 20.2. The van der Waals surface area contributed by atoms with Crippen LogP contribution in [0, 0.1) is 11.6 Å². The van der Waals surface area contributed by atoms with Crippen molar-refractivity contribution in [2.75, 3.05) is 12.0 Å². The number of alkyl halides is 3. The van der Waals surface area contributed by atoms with Gasteiger partial charge in [0.05, 0.1) is 22.9 Å². The molecule has 0 radical (unpaired) electrons. The van der Waals surface area contributed by atoms with E-state index in [1.165, 1.54) is 24.3 Å². The number of sulfonamides is 1. The number of phenols is 1. The summed E-state index contributed by atoms with van der Waals surface area (Å²) < 4.78 is 94.7. The van der Waals surface area contributed by atoms with E-state index in [1.54, 1.807) is 24.3 Å². The predicted molar refractivity (Wildman–Crippen MR) is 154 cm³/mol. The Morgan fingerprint density at radius 3 is 2.19 bits per heavy atom. The summed E-state index contributed by atoms with van der Waals surface area (Å²) >= 11 is 12.0. The SMILES string of the molecule is O=S(=O)(c1cc(Cl)cc(Cl)c1O)N(Cc1ccc(C(F)(F)F)cc1)Cc1cccc(CNCNc2ccc(F)cc2F)c1. The number of aromatic hydroxyl groups is 1. The van der Waals surface area contributed by atoms with Crippen molar-refractivity contribution >= 4 is 38.9 Å². The Balaban J connectivity index is 1.56. The van der Waals surface area contributed by atoms with Gasteiger partial charge in [0.25, 0.3) is 0 Å². The van der Waals surface area contributed by atoms with Crippen molar-refractivity contribution in [1.82, 2.24) is 9.62 Å². The predicted octanol–water partition coefficient (Wildman–Crippen LogP) is 7.55. The Kier molecular flexibility index (Phi) is 10.2. The third-order valence-electron chi connectivity index (χ3n) is 6.27. The highest BCUT2D eigenvalue weighted by Gasteiger charge is 2.32. The molecule has 0 aliphatic carbocycles. The molecule has 43 heavy (non-hydrogen) atoms. The third kappa shape index (κ3) is 8.36. The normalized spacial score (nSPS) is 12.1. The number of hydrogen-bond acceptors (Lipinski definition) is 5. The van der Waals surface area contributed by atoms with Gasteiger partial charge in [-0.1, -0.05) is 59.6 Å². The monoisotopic (exact) mass is 659 g/mol. The van der Waals surface area contributed by atoms with E-state index in [0.29, 0.717) is 12.1 Å². The van der Waals surface area contributed by atoms with Crippen LogP contribution in [0.4, 0.5) is 27.6 Å². The molecule has 4 aromatic carbocycles. The van der Waals surface area contributed by atoms with Gasteiger partial charge in [-0.05, 0) is 53.1 Å². The van der Waals surface area contributed by atoms with Crippen LogP contribution < -0.4 is 10.6 Å². The molecule has 0 atom stereocenters. The van der Waals surface area contributed by atoms with Gasteiger partial charge in [-0.15, -0.1) is 0 Å². The smallest absolute Gasteiger partial charge is 0.416 e. The minimum Gasteiger partial charge on any atom is -0.505 e. The number of rotatable bonds is 11. The molecule has 0 unspecified atom stereocenters. The lowest BCUT2D eigenvalue weighted by atomic mass is 10.1. The summed E-state index contributed by atoms with van der Waals surface area (Å²) in [6, 6.07) is 16.2. The fourth-order valence-electron chi connectivity index (χ4n) is 4.15. The topological polar surface area (TPSA) is 81.7 Å². The first-order valence-corrected chi connectivity index (χ1v) is 14.8. The van der Waals surface area contributed by atoms with E-state index in [2.05, 4.69) is 10.6 Å².